The molecule has 5 nitrogen and oxygen atoms in total. The van der Waals surface area contributed by atoms with Gasteiger partial charge in [0.1, 0.15) is 4.88 Å². The fraction of sp³-hybridized carbons (Fsp3) is 0.0833. The molecule has 0 aliphatic rings. The molecule has 98 valence electrons. The molecule has 7 heteroatoms. The molecule has 0 radical (unpaired) electrons. The van der Waals surface area contributed by atoms with Gasteiger partial charge in [0.2, 0.25) is 0 Å². The number of hydrogen-bond donors (Lipinski definition) is 2. The van der Waals surface area contributed by atoms with E-state index in [-0.39, 0.29) is 15.9 Å². The Hall–Kier alpha value is -1.73. The summed E-state index contributed by atoms with van der Waals surface area (Å²) in [5.74, 6) is -1.37. The predicted octanol–water partition coefficient (Wildman–Crippen LogP) is 3.16. The van der Waals surface area contributed by atoms with E-state index in [1.807, 2.05) is 6.07 Å². The van der Waals surface area contributed by atoms with Crippen LogP contribution >= 0.6 is 27.3 Å². The lowest BCUT2D eigenvalue weighted by Crippen LogP contribution is -2.11. The molecule has 0 unspecified atom stereocenters. The summed E-state index contributed by atoms with van der Waals surface area (Å²) in [7, 11) is 0. The van der Waals surface area contributed by atoms with Gasteiger partial charge in [-0.05, 0) is 25.1 Å². The van der Waals surface area contributed by atoms with Gasteiger partial charge >= 0.3 is 5.97 Å². The molecule has 2 N–H and O–H groups in total. The fourth-order valence-electron chi connectivity index (χ4n) is 1.45. The molecule has 0 saturated carbocycles. The van der Waals surface area contributed by atoms with Gasteiger partial charge in [0.25, 0.3) is 5.91 Å². The van der Waals surface area contributed by atoms with Crippen molar-refractivity contribution < 1.29 is 14.7 Å². The van der Waals surface area contributed by atoms with E-state index in [1.165, 1.54) is 0 Å². The third kappa shape index (κ3) is 3.18. The van der Waals surface area contributed by atoms with Crippen molar-refractivity contribution in [1.82, 2.24) is 4.98 Å². The number of carboxylic acids is 1. The molecule has 19 heavy (non-hydrogen) atoms. The van der Waals surface area contributed by atoms with E-state index >= 15 is 0 Å². The fourth-order valence-corrected chi connectivity index (χ4v) is 2.65. The molecule has 0 saturated heterocycles. The molecule has 0 bridgehead atoms. The van der Waals surface area contributed by atoms with Crippen LogP contribution in [0.4, 0.5) is 5.13 Å². The third-order valence-corrected chi connectivity index (χ3v) is 3.85. The number of nitrogens with zero attached hydrogens (tertiary/aromatic N) is 1. The van der Waals surface area contributed by atoms with Crippen LogP contribution in [0.3, 0.4) is 0 Å². The third-order valence-electron chi connectivity index (χ3n) is 2.30. The van der Waals surface area contributed by atoms with Crippen LogP contribution in [0.1, 0.15) is 25.7 Å². The first-order valence-corrected chi connectivity index (χ1v) is 6.86. The monoisotopic (exact) mass is 340 g/mol. The Morgan fingerprint density at radius 1 is 1.42 bits per heavy atom. The smallest absolute Gasteiger partial charge is 0.347 e. The van der Waals surface area contributed by atoms with Gasteiger partial charge in [-0.3, -0.25) is 10.1 Å². The molecule has 0 aliphatic carbocycles. The van der Waals surface area contributed by atoms with E-state index in [4.69, 9.17) is 5.11 Å². The van der Waals surface area contributed by atoms with Gasteiger partial charge in [0, 0.05) is 10.0 Å². The normalized spacial score (nSPS) is 10.2. The summed E-state index contributed by atoms with van der Waals surface area (Å²) < 4.78 is 0.793. The van der Waals surface area contributed by atoms with Crippen LogP contribution in [0, 0.1) is 6.92 Å². The second-order valence-corrected chi connectivity index (χ2v) is 5.62. The van der Waals surface area contributed by atoms with Crippen LogP contribution in [-0.4, -0.2) is 22.0 Å². The Labute approximate surface area is 121 Å². The summed E-state index contributed by atoms with van der Waals surface area (Å²) in [6.07, 6.45) is 0. The number of carbonyl (C=O) groups is 2. The molecule has 0 spiro atoms. The summed E-state index contributed by atoms with van der Waals surface area (Å²) in [4.78, 5) is 27.0. The van der Waals surface area contributed by atoms with Gasteiger partial charge in [-0.2, -0.15) is 0 Å². The minimum absolute atomic E-state index is 0.129. The molecule has 0 atom stereocenters. The number of benzene rings is 1. The van der Waals surface area contributed by atoms with E-state index in [0.29, 0.717) is 11.3 Å². The van der Waals surface area contributed by atoms with E-state index in [1.54, 1.807) is 25.1 Å². The molecule has 2 aromatic rings. The maximum absolute atomic E-state index is 11.9. The van der Waals surface area contributed by atoms with Crippen LogP contribution in [0.15, 0.2) is 28.7 Å². The van der Waals surface area contributed by atoms with Crippen LogP contribution < -0.4 is 5.32 Å². The number of rotatable bonds is 3. The van der Waals surface area contributed by atoms with Gasteiger partial charge in [0.05, 0.1) is 5.69 Å². The molecule has 1 heterocycles. The number of hydrogen-bond acceptors (Lipinski definition) is 4. The standard InChI is InChI=1S/C12H9BrN2O3S/c1-6-9(11(17)18)19-12(14-6)15-10(16)7-3-2-4-8(13)5-7/h2-5H,1H3,(H,17,18)(H,14,15,16). The van der Waals surface area contributed by atoms with Gasteiger partial charge in [0.15, 0.2) is 5.13 Å². The van der Waals surface area contributed by atoms with Crippen molar-refractivity contribution in [3.8, 4) is 0 Å². The maximum atomic E-state index is 11.9. The minimum atomic E-state index is -1.04. The number of carbonyl (C=O) groups excluding carboxylic acids is 1. The molecule has 1 aromatic heterocycles. The average Bonchev–Trinajstić information content (AvgIpc) is 2.70. The molecule has 2 rings (SSSR count). The summed E-state index contributed by atoms with van der Waals surface area (Å²) in [6.45, 7) is 1.59. The summed E-state index contributed by atoms with van der Waals surface area (Å²) in [6, 6.07) is 6.90. The lowest BCUT2D eigenvalue weighted by molar-refractivity contribution is 0.0701. The first-order valence-electron chi connectivity index (χ1n) is 5.25. The van der Waals surface area contributed by atoms with Crippen molar-refractivity contribution in [1.29, 1.82) is 0 Å². The van der Waals surface area contributed by atoms with Crippen molar-refractivity contribution in [3.05, 3.63) is 44.9 Å². The number of aryl methyl sites for hydroxylation is 1. The van der Waals surface area contributed by atoms with Crippen molar-refractivity contribution in [2.24, 2.45) is 0 Å². The lowest BCUT2D eigenvalue weighted by atomic mass is 10.2. The van der Waals surface area contributed by atoms with Crippen LogP contribution in [0.2, 0.25) is 0 Å². The molecule has 0 fully saturated rings. The van der Waals surface area contributed by atoms with Gasteiger partial charge < -0.3 is 5.11 Å². The van der Waals surface area contributed by atoms with E-state index in [2.05, 4.69) is 26.2 Å². The number of nitrogens with one attached hydrogen (secondary N) is 1. The summed E-state index contributed by atoms with van der Waals surface area (Å²) in [5.41, 5.74) is 0.862. The zero-order valence-corrected chi connectivity index (χ0v) is 12.2. The predicted molar refractivity (Wildman–Crippen MR) is 75.9 cm³/mol. The number of amides is 1. The molecule has 1 aromatic carbocycles. The topological polar surface area (TPSA) is 79.3 Å². The second-order valence-electron chi connectivity index (χ2n) is 3.70. The van der Waals surface area contributed by atoms with Gasteiger partial charge in [-0.25, -0.2) is 9.78 Å². The Morgan fingerprint density at radius 3 is 2.74 bits per heavy atom. The largest absolute Gasteiger partial charge is 0.477 e. The highest BCUT2D eigenvalue weighted by molar-refractivity contribution is 9.10. The first kappa shape index (κ1) is 13.7. The number of halogens is 1. The Kier molecular flexibility index (Phi) is 3.96. The second kappa shape index (κ2) is 5.50. The van der Waals surface area contributed by atoms with Crippen molar-refractivity contribution >= 4 is 44.3 Å². The zero-order valence-electron chi connectivity index (χ0n) is 9.81. The Bertz CT molecular complexity index is 654. The van der Waals surface area contributed by atoms with Crippen molar-refractivity contribution in [3.63, 3.8) is 0 Å². The number of anilines is 1. The SMILES string of the molecule is Cc1nc(NC(=O)c2cccc(Br)c2)sc1C(=O)O. The molecular weight excluding hydrogens is 332 g/mol. The van der Waals surface area contributed by atoms with E-state index in [0.717, 1.165) is 15.8 Å². The highest BCUT2D eigenvalue weighted by Gasteiger charge is 2.16. The average molecular weight is 341 g/mol. The highest BCUT2D eigenvalue weighted by Crippen LogP contribution is 2.23. The maximum Gasteiger partial charge on any atom is 0.347 e. The van der Waals surface area contributed by atoms with Crippen LogP contribution in [-0.2, 0) is 0 Å². The molecule has 1 amide bonds. The van der Waals surface area contributed by atoms with E-state index in [9.17, 15) is 9.59 Å². The van der Waals surface area contributed by atoms with Crippen molar-refractivity contribution in [2.45, 2.75) is 6.92 Å². The number of aromatic carboxylic acids is 1. The van der Waals surface area contributed by atoms with Crippen molar-refractivity contribution in [2.75, 3.05) is 5.32 Å². The number of aromatic nitrogens is 1. The van der Waals surface area contributed by atoms with Gasteiger partial charge in [-0.15, -0.1) is 0 Å². The number of carboxylic acid groups (broad SMARTS) is 1. The molecular formula is C12H9BrN2O3S. The Balaban J connectivity index is 2.20. The van der Waals surface area contributed by atoms with Crippen LogP contribution in [0.25, 0.3) is 0 Å². The Morgan fingerprint density at radius 2 is 2.16 bits per heavy atom. The summed E-state index contributed by atoms with van der Waals surface area (Å²) >= 11 is 4.22. The van der Waals surface area contributed by atoms with E-state index < -0.39 is 5.97 Å². The van der Waals surface area contributed by atoms with Crippen LogP contribution in [0.5, 0.6) is 0 Å². The highest BCUT2D eigenvalue weighted by atomic mass is 79.9. The molecule has 0 aliphatic heterocycles. The number of thiazole rings is 1. The summed E-state index contributed by atoms with van der Waals surface area (Å²) in [5, 5.41) is 11.8. The minimum Gasteiger partial charge on any atom is -0.477 e. The quantitative estimate of drug-likeness (QED) is 0.899. The zero-order chi connectivity index (χ0) is 14.0. The van der Waals surface area contributed by atoms with Gasteiger partial charge in [-0.1, -0.05) is 33.3 Å². The lowest BCUT2D eigenvalue weighted by Gasteiger charge is -2.01. The first-order chi connectivity index (χ1) is 8.97.